The normalized spacial score (nSPS) is 10.9. The van der Waals surface area contributed by atoms with Gasteiger partial charge in [0.15, 0.2) is 6.61 Å². The third-order valence-electron chi connectivity index (χ3n) is 4.45. The smallest absolute Gasteiger partial charge is 0.375 e. The molecule has 0 saturated carbocycles. The molecule has 0 saturated heterocycles. The van der Waals surface area contributed by atoms with Crippen LogP contribution in [0, 0.1) is 0 Å². The number of esters is 1. The quantitative estimate of drug-likeness (QED) is 0.462. The molecule has 29 heavy (non-hydrogen) atoms. The van der Waals surface area contributed by atoms with Crippen LogP contribution in [0.1, 0.15) is 28.6 Å². The second-order valence-electron chi connectivity index (χ2n) is 6.46. The number of ether oxygens (including phenoxy) is 2. The molecule has 1 aromatic heterocycles. The summed E-state index contributed by atoms with van der Waals surface area (Å²) >= 11 is 3.46. The number of amides is 1. The molecule has 1 amide bonds. The Kier molecular flexibility index (Phi) is 7.06. The monoisotopic (exact) mass is 459 g/mol. The van der Waals surface area contributed by atoms with Crippen molar-refractivity contribution in [2.24, 2.45) is 0 Å². The Morgan fingerprint density at radius 3 is 2.59 bits per heavy atom. The van der Waals surface area contributed by atoms with E-state index in [2.05, 4.69) is 15.9 Å². The molecule has 0 aliphatic carbocycles. The van der Waals surface area contributed by atoms with Crippen molar-refractivity contribution in [1.29, 1.82) is 0 Å². The number of carbonyl (C=O) groups excluding carboxylic acids is 2. The van der Waals surface area contributed by atoms with Crippen LogP contribution in [0.25, 0.3) is 11.0 Å². The molecule has 0 bridgehead atoms. The van der Waals surface area contributed by atoms with E-state index in [1.807, 2.05) is 49.4 Å². The van der Waals surface area contributed by atoms with E-state index in [-0.39, 0.29) is 24.9 Å². The number of carbonyl (C=O) groups is 2. The maximum atomic E-state index is 12.6. The Bertz CT molecular complexity index is 1010. The van der Waals surface area contributed by atoms with Crippen LogP contribution in [0.15, 0.2) is 57.4 Å². The summed E-state index contributed by atoms with van der Waals surface area (Å²) in [6.07, 6.45) is 0. The van der Waals surface area contributed by atoms with E-state index in [1.165, 1.54) is 4.90 Å². The summed E-state index contributed by atoms with van der Waals surface area (Å²) in [5, 5.41) is 0.797. The van der Waals surface area contributed by atoms with Gasteiger partial charge in [-0.3, -0.25) is 4.79 Å². The van der Waals surface area contributed by atoms with Gasteiger partial charge in [-0.05, 0) is 24.6 Å². The highest BCUT2D eigenvalue weighted by Gasteiger charge is 2.23. The molecule has 6 nitrogen and oxygen atoms in total. The molecule has 0 N–H and O–H groups in total. The number of nitrogens with zero attached hydrogens (tertiary/aromatic N) is 1. The fraction of sp³-hybridized carbons (Fsp3) is 0.273. The van der Waals surface area contributed by atoms with Crippen molar-refractivity contribution in [1.82, 2.24) is 4.90 Å². The van der Waals surface area contributed by atoms with Gasteiger partial charge in [0.25, 0.3) is 5.91 Å². The van der Waals surface area contributed by atoms with Gasteiger partial charge in [-0.25, -0.2) is 4.79 Å². The largest absolute Gasteiger partial charge is 0.450 e. The first kappa shape index (κ1) is 21.1. The predicted octanol–water partition coefficient (Wildman–Crippen LogP) is 4.55. The van der Waals surface area contributed by atoms with Crippen LogP contribution in [0.4, 0.5) is 0 Å². The minimum Gasteiger partial charge on any atom is -0.450 e. The SMILES string of the molecule is CCOCc1c(C(=O)OCC(=O)N(C)Cc2ccccc2Br)oc2ccccc12. The lowest BCUT2D eigenvalue weighted by Gasteiger charge is -2.18. The van der Waals surface area contributed by atoms with Crippen molar-refractivity contribution in [3.05, 3.63) is 69.9 Å². The molecule has 1 heterocycles. The fourth-order valence-electron chi connectivity index (χ4n) is 2.88. The van der Waals surface area contributed by atoms with Gasteiger partial charge in [-0.15, -0.1) is 0 Å². The average Bonchev–Trinajstić information content (AvgIpc) is 3.10. The molecule has 0 fully saturated rings. The molecular formula is C22H22BrNO5. The summed E-state index contributed by atoms with van der Waals surface area (Å²) in [4.78, 5) is 26.5. The molecule has 2 aromatic carbocycles. The first-order chi connectivity index (χ1) is 14.0. The van der Waals surface area contributed by atoms with E-state index in [1.54, 1.807) is 13.1 Å². The summed E-state index contributed by atoms with van der Waals surface area (Å²) in [5.41, 5.74) is 2.17. The van der Waals surface area contributed by atoms with Crippen molar-refractivity contribution >= 4 is 38.8 Å². The summed E-state index contributed by atoms with van der Waals surface area (Å²) in [5.74, 6) is -0.920. The van der Waals surface area contributed by atoms with Crippen molar-refractivity contribution < 1.29 is 23.5 Å². The molecule has 0 atom stereocenters. The van der Waals surface area contributed by atoms with E-state index >= 15 is 0 Å². The topological polar surface area (TPSA) is 69.0 Å². The van der Waals surface area contributed by atoms with Crippen LogP contribution in [0.5, 0.6) is 0 Å². The number of hydrogen-bond donors (Lipinski definition) is 0. The zero-order chi connectivity index (χ0) is 20.8. The molecule has 0 aliphatic heterocycles. The third-order valence-corrected chi connectivity index (χ3v) is 5.23. The highest BCUT2D eigenvalue weighted by atomic mass is 79.9. The standard InChI is InChI=1S/C22H22BrNO5/c1-3-27-13-17-16-9-5-7-11-19(16)29-21(17)22(26)28-14-20(25)24(2)12-15-8-4-6-10-18(15)23/h4-11H,3,12-14H2,1-2H3. The number of fused-ring (bicyclic) bond motifs is 1. The molecule has 152 valence electrons. The van der Waals surface area contributed by atoms with Crippen molar-refractivity contribution in [2.45, 2.75) is 20.1 Å². The summed E-state index contributed by atoms with van der Waals surface area (Å²) in [6, 6.07) is 15.0. The molecule has 0 spiro atoms. The Morgan fingerprint density at radius 2 is 1.83 bits per heavy atom. The Hall–Kier alpha value is -2.64. The van der Waals surface area contributed by atoms with E-state index in [4.69, 9.17) is 13.9 Å². The molecule has 7 heteroatoms. The Morgan fingerprint density at radius 1 is 1.10 bits per heavy atom. The Labute approximate surface area is 177 Å². The number of para-hydroxylation sites is 1. The fourth-order valence-corrected chi connectivity index (χ4v) is 3.29. The van der Waals surface area contributed by atoms with Crippen LogP contribution in [0.3, 0.4) is 0 Å². The average molecular weight is 460 g/mol. The predicted molar refractivity (Wildman–Crippen MR) is 112 cm³/mol. The minimum atomic E-state index is -0.682. The van der Waals surface area contributed by atoms with E-state index < -0.39 is 5.97 Å². The van der Waals surface area contributed by atoms with E-state index in [0.29, 0.717) is 24.3 Å². The number of likely N-dealkylation sites (N-methyl/N-ethyl adjacent to an activating group) is 1. The zero-order valence-electron chi connectivity index (χ0n) is 16.3. The van der Waals surface area contributed by atoms with Gasteiger partial charge >= 0.3 is 5.97 Å². The molecule has 0 unspecified atom stereocenters. The van der Waals surface area contributed by atoms with Crippen LogP contribution in [-0.4, -0.2) is 37.0 Å². The maximum Gasteiger partial charge on any atom is 0.375 e. The molecular weight excluding hydrogens is 438 g/mol. The van der Waals surface area contributed by atoms with Gasteiger partial charge < -0.3 is 18.8 Å². The number of halogens is 1. The Balaban J connectivity index is 1.67. The number of benzene rings is 2. The second kappa shape index (κ2) is 9.71. The third kappa shape index (κ3) is 5.05. The molecule has 0 radical (unpaired) electrons. The zero-order valence-corrected chi connectivity index (χ0v) is 17.9. The van der Waals surface area contributed by atoms with Crippen LogP contribution in [-0.2, 0) is 27.4 Å². The maximum absolute atomic E-state index is 12.6. The second-order valence-corrected chi connectivity index (χ2v) is 7.31. The first-order valence-corrected chi connectivity index (χ1v) is 10.0. The van der Waals surface area contributed by atoms with Crippen molar-refractivity contribution in [3.63, 3.8) is 0 Å². The first-order valence-electron chi connectivity index (χ1n) is 9.24. The van der Waals surface area contributed by atoms with Gasteiger partial charge in [-0.1, -0.05) is 52.3 Å². The van der Waals surface area contributed by atoms with Gasteiger partial charge in [0.05, 0.1) is 6.61 Å². The lowest BCUT2D eigenvalue weighted by atomic mass is 10.1. The van der Waals surface area contributed by atoms with Gasteiger partial charge in [0, 0.05) is 35.6 Å². The summed E-state index contributed by atoms with van der Waals surface area (Å²) in [7, 11) is 1.66. The van der Waals surface area contributed by atoms with Gasteiger partial charge in [0.1, 0.15) is 5.58 Å². The molecule has 3 rings (SSSR count). The summed E-state index contributed by atoms with van der Waals surface area (Å²) < 4.78 is 17.3. The highest BCUT2D eigenvalue weighted by Crippen LogP contribution is 2.27. The highest BCUT2D eigenvalue weighted by molar-refractivity contribution is 9.10. The summed E-state index contributed by atoms with van der Waals surface area (Å²) in [6.45, 7) is 2.64. The van der Waals surface area contributed by atoms with E-state index in [9.17, 15) is 9.59 Å². The minimum absolute atomic E-state index is 0.0703. The van der Waals surface area contributed by atoms with Crippen LogP contribution < -0.4 is 0 Å². The van der Waals surface area contributed by atoms with Crippen molar-refractivity contribution in [2.75, 3.05) is 20.3 Å². The number of rotatable bonds is 8. The molecule has 3 aromatic rings. The van der Waals surface area contributed by atoms with Gasteiger partial charge in [0.2, 0.25) is 5.76 Å². The molecule has 0 aliphatic rings. The van der Waals surface area contributed by atoms with Gasteiger partial charge in [-0.2, -0.15) is 0 Å². The number of hydrogen-bond acceptors (Lipinski definition) is 5. The lowest BCUT2D eigenvalue weighted by molar-refractivity contribution is -0.133. The van der Waals surface area contributed by atoms with Crippen LogP contribution in [0.2, 0.25) is 0 Å². The van der Waals surface area contributed by atoms with Crippen LogP contribution >= 0.6 is 15.9 Å². The van der Waals surface area contributed by atoms with E-state index in [0.717, 1.165) is 15.4 Å². The number of furan rings is 1. The lowest BCUT2D eigenvalue weighted by Crippen LogP contribution is -2.31. The van der Waals surface area contributed by atoms with Crippen molar-refractivity contribution in [3.8, 4) is 0 Å².